The molecule has 0 saturated carbocycles. The van der Waals surface area contributed by atoms with Gasteiger partial charge in [0.2, 0.25) is 5.91 Å². The van der Waals surface area contributed by atoms with Crippen molar-refractivity contribution in [2.75, 3.05) is 18.5 Å². The maximum Gasteiger partial charge on any atom is 0.348 e. The van der Waals surface area contributed by atoms with Crippen LogP contribution in [0.5, 0.6) is 0 Å². The molecule has 2 amide bonds. The number of carbonyl (C=O) groups excluding carboxylic acids is 3. The van der Waals surface area contributed by atoms with Gasteiger partial charge < -0.3 is 15.0 Å². The van der Waals surface area contributed by atoms with Crippen molar-refractivity contribution >= 4 is 34.8 Å². The fourth-order valence-corrected chi connectivity index (χ4v) is 3.23. The van der Waals surface area contributed by atoms with Crippen molar-refractivity contribution in [3.63, 3.8) is 0 Å². The van der Waals surface area contributed by atoms with E-state index < -0.39 is 18.5 Å². The topological polar surface area (TPSA) is 75.7 Å². The number of anilines is 1. The predicted octanol–water partition coefficient (Wildman–Crippen LogP) is 3.79. The highest BCUT2D eigenvalue weighted by atomic mass is 32.1. The zero-order chi connectivity index (χ0) is 20.7. The summed E-state index contributed by atoms with van der Waals surface area (Å²) in [5, 5.41) is 4.63. The van der Waals surface area contributed by atoms with E-state index in [1.807, 2.05) is 45.9 Å². The highest BCUT2D eigenvalue weighted by Crippen LogP contribution is 2.18. The molecule has 1 N–H and O–H groups in total. The quantitative estimate of drug-likeness (QED) is 0.682. The number of carbonyl (C=O) groups is 3. The molecule has 2 aromatic rings. The van der Waals surface area contributed by atoms with Gasteiger partial charge in [0, 0.05) is 11.7 Å². The minimum absolute atomic E-state index is 0.0994. The molecule has 1 aromatic carbocycles. The molecule has 0 aliphatic rings. The largest absolute Gasteiger partial charge is 0.451 e. The maximum atomic E-state index is 12.6. The lowest BCUT2D eigenvalue weighted by Crippen LogP contribution is -2.45. The summed E-state index contributed by atoms with van der Waals surface area (Å²) in [6, 6.07) is 8.91. The molecular formula is C21H26N2O4S. The second-order valence-electron chi connectivity index (χ2n) is 6.63. The molecule has 28 heavy (non-hydrogen) atoms. The molecule has 0 aliphatic carbocycles. The van der Waals surface area contributed by atoms with Gasteiger partial charge in [-0.05, 0) is 55.8 Å². The summed E-state index contributed by atoms with van der Waals surface area (Å²) in [5.41, 5.74) is 2.79. The smallest absolute Gasteiger partial charge is 0.348 e. The van der Waals surface area contributed by atoms with E-state index in [-0.39, 0.29) is 18.5 Å². The molecule has 7 heteroatoms. The van der Waals surface area contributed by atoms with E-state index in [1.54, 1.807) is 17.5 Å². The molecule has 0 fully saturated rings. The molecule has 6 nitrogen and oxygen atoms in total. The Morgan fingerprint density at radius 1 is 1.18 bits per heavy atom. The zero-order valence-corrected chi connectivity index (χ0v) is 17.5. The third kappa shape index (κ3) is 5.66. The van der Waals surface area contributed by atoms with Crippen molar-refractivity contribution in [2.24, 2.45) is 0 Å². The average Bonchev–Trinajstić information content (AvgIpc) is 3.22. The minimum atomic E-state index is -0.535. The van der Waals surface area contributed by atoms with Crippen molar-refractivity contribution in [3.05, 3.63) is 51.7 Å². The number of nitrogens with one attached hydrogen (secondary N) is 1. The molecule has 1 aromatic heterocycles. The first-order valence-electron chi connectivity index (χ1n) is 9.19. The number of esters is 1. The summed E-state index contributed by atoms with van der Waals surface area (Å²) in [6.45, 7) is 7.22. The van der Waals surface area contributed by atoms with Crippen LogP contribution in [0.25, 0.3) is 0 Å². The Morgan fingerprint density at radius 2 is 1.93 bits per heavy atom. The molecule has 150 valence electrons. The molecule has 0 spiro atoms. The first kappa shape index (κ1) is 21.6. The lowest BCUT2D eigenvalue weighted by molar-refractivity contribution is -0.139. The van der Waals surface area contributed by atoms with E-state index >= 15 is 0 Å². The molecular weight excluding hydrogens is 376 g/mol. The summed E-state index contributed by atoms with van der Waals surface area (Å²) in [7, 11) is 0. The summed E-state index contributed by atoms with van der Waals surface area (Å²) in [5.74, 6) is -1.21. The summed E-state index contributed by atoms with van der Waals surface area (Å²) < 4.78 is 5.11. The number of aryl methyl sites for hydroxylation is 1. The Bertz CT molecular complexity index is 833. The molecule has 0 aliphatic heterocycles. The van der Waals surface area contributed by atoms with Gasteiger partial charge in [0.15, 0.2) is 6.61 Å². The van der Waals surface area contributed by atoms with E-state index in [9.17, 15) is 14.4 Å². The van der Waals surface area contributed by atoms with Crippen LogP contribution in [0.4, 0.5) is 5.69 Å². The number of hydrogen-bond acceptors (Lipinski definition) is 5. The van der Waals surface area contributed by atoms with Gasteiger partial charge >= 0.3 is 5.97 Å². The van der Waals surface area contributed by atoms with E-state index in [2.05, 4.69) is 5.32 Å². The normalized spacial score (nSPS) is 11.6. The average molecular weight is 403 g/mol. The van der Waals surface area contributed by atoms with Crippen LogP contribution in [-0.4, -0.2) is 41.9 Å². The standard InChI is InChI=1S/C21H26N2O4S/c1-5-15(3)23(20(25)13-27-21(26)18-10-7-11-28-18)12-19(24)22-17-9-6-8-14(2)16(17)4/h6-11,15H,5,12-13H2,1-4H3,(H,22,24)/t15-/m0/s1. The number of ether oxygens (including phenoxy) is 1. The Kier molecular flexibility index (Phi) is 7.75. The Labute approximate surface area is 169 Å². The van der Waals surface area contributed by atoms with Gasteiger partial charge in [-0.15, -0.1) is 11.3 Å². The minimum Gasteiger partial charge on any atom is -0.451 e. The van der Waals surface area contributed by atoms with Crippen molar-refractivity contribution in [1.29, 1.82) is 0 Å². The van der Waals surface area contributed by atoms with Gasteiger partial charge in [0.25, 0.3) is 5.91 Å². The molecule has 0 saturated heterocycles. The fourth-order valence-electron chi connectivity index (χ4n) is 2.62. The highest BCUT2D eigenvalue weighted by Gasteiger charge is 2.23. The van der Waals surface area contributed by atoms with Crippen LogP contribution >= 0.6 is 11.3 Å². The van der Waals surface area contributed by atoms with Crippen LogP contribution in [-0.2, 0) is 14.3 Å². The van der Waals surface area contributed by atoms with Crippen molar-refractivity contribution < 1.29 is 19.1 Å². The van der Waals surface area contributed by atoms with E-state index in [4.69, 9.17) is 4.74 Å². The van der Waals surface area contributed by atoms with Crippen molar-refractivity contribution in [2.45, 2.75) is 40.2 Å². The third-order valence-corrected chi connectivity index (χ3v) is 5.53. The second-order valence-corrected chi connectivity index (χ2v) is 7.58. The molecule has 0 unspecified atom stereocenters. The molecule has 1 heterocycles. The fraction of sp³-hybridized carbons (Fsp3) is 0.381. The molecule has 0 radical (unpaired) electrons. The Morgan fingerprint density at radius 3 is 2.57 bits per heavy atom. The SMILES string of the molecule is CC[C@H](C)N(CC(=O)Nc1cccc(C)c1C)C(=O)COC(=O)c1cccs1. The van der Waals surface area contributed by atoms with Crippen molar-refractivity contribution in [3.8, 4) is 0 Å². The van der Waals surface area contributed by atoms with Crippen LogP contribution in [0.2, 0.25) is 0 Å². The number of thiophene rings is 1. The van der Waals surface area contributed by atoms with Gasteiger partial charge in [-0.25, -0.2) is 4.79 Å². The number of rotatable bonds is 8. The molecule has 2 rings (SSSR count). The highest BCUT2D eigenvalue weighted by molar-refractivity contribution is 7.11. The van der Waals surface area contributed by atoms with E-state index in [0.29, 0.717) is 11.3 Å². The number of benzene rings is 1. The first-order chi connectivity index (χ1) is 13.3. The number of amides is 2. The summed E-state index contributed by atoms with van der Waals surface area (Å²) in [4.78, 5) is 39.0. The van der Waals surface area contributed by atoms with Crippen molar-refractivity contribution in [1.82, 2.24) is 4.90 Å². The van der Waals surface area contributed by atoms with E-state index in [0.717, 1.165) is 16.8 Å². The lowest BCUT2D eigenvalue weighted by atomic mass is 10.1. The zero-order valence-electron chi connectivity index (χ0n) is 16.7. The third-order valence-electron chi connectivity index (χ3n) is 4.68. The van der Waals surface area contributed by atoms with E-state index in [1.165, 1.54) is 16.2 Å². The first-order valence-corrected chi connectivity index (χ1v) is 10.1. The van der Waals surface area contributed by atoms with Crippen LogP contribution in [0.1, 0.15) is 41.1 Å². The van der Waals surface area contributed by atoms with Gasteiger partial charge in [-0.1, -0.05) is 25.1 Å². The monoisotopic (exact) mass is 402 g/mol. The number of hydrogen-bond donors (Lipinski definition) is 1. The summed E-state index contributed by atoms with van der Waals surface area (Å²) >= 11 is 1.25. The second kappa shape index (κ2) is 10.0. The van der Waals surface area contributed by atoms with Gasteiger partial charge in [0.1, 0.15) is 11.4 Å². The Balaban J connectivity index is 1.99. The lowest BCUT2D eigenvalue weighted by Gasteiger charge is -2.28. The number of nitrogens with zero attached hydrogens (tertiary/aromatic N) is 1. The van der Waals surface area contributed by atoms with Gasteiger partial charge in [-0.3, -0.25) is 9.59 Å². The van der Waals surface area contributed by atoms with Gasteiger partial charge in [0.05, 0.1) is 0 Å². The Hall–Kier alpha value is -2.67. The van der Waals surface area contributed by atoms with Crippen LogP contribution in [0.3, 0.4) is 0 Å². The van der Waals surface area contributed by atoms with Gasteiger partial charge in [-0.2, -0.15) is 0 Å². The molecule has 1 atom stereocenters. The maximum absolute atomic E-state index is 12.6. The van der Waals surface area contributed by atoms with Crippen LogP contribution in [0, 0.1) is 13.8 Å². The van der Waals surface area contributed by atoms with Crippen LogP contribution in [0.15, 0.2) is 35.7 Å². The molecule has 0 bridgehead atoms. The predicted molar refractivity (Wildman–Crippen MR) is 111 cm³/mol. The van der Waals surface area contributed by atoms with Crippen LogP contribution < -0.4 is 5.32 Å². The summed E-state index contributed by atoms with van der Waals surface area (Å²) in [6.07, 6.45) is 0.682.